The Morgan fingerprint density at radius 2 is 1.79 bits per heavy atom. The van der Waals surface area contributed by atoms with Crippen LogP contribution in [0.25, 0.3) is 10.4 Å². The summed E-state index contributed by atoms with van der Waals surface area (Å²) in [5, 5.41) is 0. The molecule has 2 amide bonds. The lowest BCUT2D eigenvalue weighted by atomic mass is 10.1. The summed E-state index contributed by atoms with van der Waals surface area (Å²) < 4.78 is 0.699. The standard InChI is InChI=1S/C17H20ClN3O2S/c1-11(2)16(22)20-5-7-21(8-6-20)17(23)13-10-19-9-12(13)14-3-4-15(18)24-14/h3-4,9-11,19H,5-8H2,1-2H3. The minimum atomic E-state index is -0.00731. The smallest absolute Gasteiger partial charge is 0.256 e. The van der Waals surface area contributed by atoms with Gasteiger partial charge in [0.2, 0.25) is 5.91 Å². The van der Waals surface area contributed by atoms with Gasteiger partial charge < -0.3 is 14.8 Å². The van der Waals surface area contributed by atoms with Crippen LogP contribution in [0.1, 0.15) is 24.2 Å². The van der Waals surface area contributed by atoms with Crippen LogP contribution in [0.5, 0.6) is 0 Å². The van der Waals surface area contributed by atoms with Crippen molar-refractivity contribution < 1.29 is 9.59 Å². The lowest BCUT2D eigenvalue weighted by Crippen LogP contribution is -2.51. The molecule has 0 unspecified atom stereocenters. The molecule has 0 spiro atoms. The third-order valence-electron chi connectivity index (χ3n) is 4.19. The molecule has 128 valence electrons. The van der Waals surface area contributed by atoms with E-state index < -0.39 is 0 Å². The van der Waals surface area contributed by atoms with Crippen molar-refractivity contribution in [1.82, 2.24) is 14.8 Å². The van der Waals surface area contributed by atoms with Gasteiger partial charge in [-0.05, 0) is 12.1 Å². The summed E-state index contributed by atoms with van der Waals surface area (Å²) in [7, 11) is 0. The van der Waals surface area contributed by atoms with E-state index in [1.165, 1.54) is 11.3 Å². The Balaban J connectivity index is 1.71. The number of halogens is 1. The fraction of sp³-hybridized carbons (Fsp3) is 0.412. The van der Waals surface area contributed by atoms with Gasteiger partial charge in [0.15, 0.2) is 0 Å². The first kappa shape index (κ1) is 17.0. The number of nitrogens with one attached hydrogen (secondary N) is 1. The SMILES string of the molecule is CC(C)C(=O)N1CCN(C(=O)c2c[nH]cc2-c2ccc(Cl)s2)CC1. The minimum absolute atomic E-state index is 0.00702. The highest BCUT2D eigenvalue weighted by molar-refractivity contribution is 7.19. The molecule has 24 heavy (non-hydrogen) atoms. The first-order valence-corrected chi connectivity index (χ1v) is 9.17. The molecule has 1 N–H and O–H groups in total. The van der Waals surface area contributed by atoms with Crippen molar-refractivity contribution in [1.29, 1.82) is 0 Å². The topological polar surface area (TPSA) is 56.4 Å². The van der Waals surface area contributed by atoms with Crippen LogP contribution in [-0.4, -0.2) is 52.8 Å². The second-order valence-corrected chi connectivity index (χ2v) is 7.87. The number of thiophene rings is 1. The molecule has 0 saturated carbocycles. The van der Waals surface area contributed by atoms with Crippen LogP contribution in [0.3, 0.4) is 0 Å². The third kappa shape index (κ3) is 3.35. The maximum atomic E-state index is 12.8. The van der Waals surface area contributed by atoms with Crippen molar-refractivity contribution in [2.75, 3.05) is 26.2 Å². The lowest BCUT2D eigenvalue weighted by Gasteiger charge is -2.35. The normalized spacial score (nSPS) is 15.2. The highest BCUT2D eigenvalue weighted by Gasteiger charge is 2.27. The summed E-state index contributed by atoms with van der Waals surface area (Å²) in [5.41, 5.74) is 1.52. The molecule has 1 aliphatic heterocycles. The van der Waals surface area contributed by atoms with Gasteiger partial charge in [0.1, 0.15) is 0 Å². The summed E-state index contributed by atoms with van der Waals surface area (Å²) in [4.78, 5) is 32.5. The van der Waals surface area contributed by atoms with Crippen molar-refractivity contribution in [2.45, 2.75) is 13.8 Å². The quantitative estimate of drug-likeness (QED) is 0.906. The van der Waals surface area contributed by atoms with Crippen molar-refractivity contribution in [3.8, 4) is 10.4 Å². The van der Waals surface area contributed by atoms with Gasteiger partial charge >= 0.3 is 0 Å². The van der Waals surface area contributed by atoms with Gasteiger partial charge in [-0.2, -0.15) is 0 Å². The monoisotopic (exact) mass is 365 g/mol. The fourth-order valence-electron chi connectivity index (χ4n) is 2.87. The molecule has 0 aliphatic carbocycles. The van der Waals surface area contributed by atoms with Crippen LogP contribution in [0.15, 0.2) is 24.5 Å². The summed E-state index contributed by atoms with van der Waals surface area (Å²) in [6, 6.07) is 3.76. The van der Waals surface area contributed by atoms with Gasteiger partial charge in [-0.3, -0.25) is 9.59 Å². The van der Waals surface area contributed by atoms with E-state index in [4.69, 9.17) is 11.6 Å². The van der Waals surface area contributed by atoms with E-state index in [0.29, 0.717) is 36.1 Å². The highest BCUT2D eigenvalue weighted by atomic mass is 35.5. The molecule has 0 radical (unpaired) electrons. The molecular weight excluding hydrogens is 346 g/mol. The summed E-state index contributed by atoms with van der Waals surface area (Å²) in [6.07, 6.45) is 3.56. The van der Waals surface area contributed by atoms with E-state index in [9.17, 15) is 9.59 Å². The van der Waals surface area contributed by atoms with Gasteiger partial charge in [0.05, 0.1) is 9.90 Å². The maximum absolute atomic E-state index is 12.8. The predicted octanol–water partition coefficient (Wildman–Crippen LogP) is 3.34. The van der Waals surface area contributed by atoms with Crippen LogP contribution in [0.2, 0.25) is 4.34 Å². The molecule has 0 atom stereocenters. The minimum Gasteiger partial charge on any atom is -0.366 e. The van der Waals surface area contributed by atoms with Gasteiger partial charge in [0, 0.05) is 54.9 Å². The van der Waals surface area contributed by atoms with Crippen LogP contribution in [0, 0.1) is 5.92 Å². The number of piperazine rings is 1. The number of rotatable bonds is 3. The van der Waals surface area contributed by atoms with Crippen molar-refractivity contribution in [3.05, 3.63) is 34.4 Å². The average molecular weight is 366 g/mol. The van der Waals surface area contributed by atoms with Gasteiger partial charge in [-0.25, -0.2) is 0 Å². The predicted molar refractivity (Wildman–Crippen MR) is 96.4 cm³/mol. The molecule has 0 aromatic carbocycles. The van der Waals surface area contributed by atoms with Crippen LogP contribution in [-0.2, 0) is 4.79 Å². The summed E-state index contributed by atoms with van der Waals surface area (Å²) in [5.74, 6) is 0.136. The largest absolute Gasteiger partial charge is 0.366 e. The Labute approximate surface area is 150 Å². The number of aromatic amines is 1. The zero-order valence-corrected chi connectivity index (χ0v) is 15.3. The van der Waals surface area contributed by atoms with E-state index >= 15 is 0 Å². The first-order valence-electron chi connectivity index (χ1n) is 7.98. The molecule has 2 aromatic rings. The summed E-state index contributed by atoms with van der Waals surface area (Å²) in [6.45, 7) is 6.11. The lowest BCUT2D eigenvalue weighted by molar-refractivity contribution is -0.135. The second-order valence-electron chi connectivity index (χ2n) is 6.16. The third-order valence-corrected chi connectivity index (χ3v) is 5.45. The molecule has 7 heteroatoms. The summed E-state index contributed by atoms with van der Waals surface area (Å²) >= 11 is 7.46. The molecule has 1 saturated heterocycles. The Morgan fingerprint density at radius 3 is 2.38 bits per heavy atom. The van der Waals surface area contributed by atoms with Crippen molar-refractivity contribution >= 4 is 34.8 Å². The van der Waals surface area contributed by atoms with E-state index in [1.807, 2.05) is 42.0 Å². The number of hydrogen-bond donors (Lipinski definition) is 1. The Kier molecular flexibility index (Phi) is 4.96. The molecule has 1 fully saturated rings. The number of carbonyl (C=O) groups is 2. The number of aromatic nitrogens is 1. The number of amides is 2. The fourth-order valence-corrected chi connectivity index (χ4v) is 3.94. The van der Waals surface area contributed by atoms with E-state index in [0.717, 1.165) is 10.4 Å². The van der Waals surface area contributed by atoms with Gasteiger partial charge in [-0.1, -0.05) is 25.4 Å². The molecule has 2 aromatic heterocycles. The average Bonchev–Trinajstić information content (AvgIpc) is 3.22. The molecule has 1 aliphatic rings. The molecule has 5 nitrogen and oxygen atoms in total. The molecule has 3 heterocycles. The molecule has 0 bridgehead atoms. The van der Waals surface area contributed by atoms with Crippen LogP contribution in [0.4, 0.5) is 0 Å². The highest BCUT2D eigenvalue weighted by Crippen LogP contribution is 2.33. The number of carbonyl (C=O) groups excluding carboxylic acids is 2. The zero-order chi connectivity index (χ0) is 17.3. The van der Waals surface area contributed by atoms with Crippen molar-refractivity contribution in [2.24, 2.45) is 5.92 Å². The molecular formula is C17H20ClN3O2S. The number of hydrogen-bond acceptors (Lipinski definition) is 3. The first-order chi connectivity index (χ1) is 11.5. The van der Waals surface area contributed by atoms with Crippen LogP contribution >= 0.6 is 22.9 Å². The van der Waals surface area contributed by atoms with Crippen LogP contribution < -0.4 is 0 Å². The van der Waals surface area contributed by atoms with Gasteiger partial charge in [0.25, 0.3) is 5.91 Å². The Hall–Kier alpha value is -1.79. The maximum Gasteiger partial charge on any atom is 0.256 e. The second kappa shape index (κ2) is 6.99. The van der Waals surface area contributed by atoms with Gasteiger partial charge in [-0.15, -0.1) is 11.3 Å². The Bertz CT molecular complexity index is 745. The van der Waals surface area contributed by atoms with E-state index in [1.54, 1.807) is 6.20 Å². The molecule has 3 rings (SSSR count). The Morgan fingerprint density at radius 1 is 1.12 bits per heavy atom. The van der Waals surface area contributed by atoms with E-state index in [-0.39, 0.29) is 17.7 Å². The zero-order valence-electron chi connectivity index (χ0n) is 13.7. The number of nitrogens with zero attached hydrogens (tertiary/aromatic N) is 2. The number of H-pyrrole nitrogens is 1. The van der Waals surface area contributed by atoms with E-state index in [2.05, 4.69) is 4.98 Å². The van der Waals surface area contributed by atoms with Crippen molar-refractivity contribution in [3.63, 3.8) is 0 Å².